The fourth-order valence-corrected chi connectivity index (χ4v) is 2.37. The molecule has 120 valence electrons. The lowest BCUT2D eigenvalue weighted by Crippen LogP contribution is -2.50. The molecular formula is C14H15N5O4. The molecule has 1 aliphatic rings. The number of carbonyl (C=O) groups excluding carboxylic acids is 2. The predicted molar refractivity (Wildman–Crippen MR) is 77.9 cm³/mol. The van der Waals surface area contributed by atoms with Crippen LogP contribution in [0.2, 0.25) is 0 Å². The van der Waals surface area contributed by atoms with Crippen molar-refractivity contribution in [1.29, 1.82) is 0 Å². The summed E-state index contributed by atoms with van der Waals surface area (Å²) >= 11 is 0. The minimum Gasteiger partial charge on any atom is -0.361 e. The smallest absolute Gasteiger partial charge is 0.276 e. The molecule has 23 heavy (non-hydrogen) atoms. The number of nitrogens with one attached hydrogen (secondary N) is 1. The number of H-pyrrole nitrogens is 1. The van der Waals surface area contributed by atoms with Crippen LogP contribution in [0.1, 0.15) is 26.7 Å². The second kappa shape index (κ2) is 6.03. The average Bonchev–Trinajstić information content (AvgIpc) is 3.01. The summed E-state index contributed by atoms with van der Waals surface area (Å²) in [6, 6.07) is 4.23. The highest BCUT2D eigenvalue weighted by Crippen LogP contribution is 2.10. The third kappa shape index (κ3) is 3.12. The van der Waals surface area contributed by atoms with E-state index < -0.39 is 0 Å². The summed E-state index contributed by atoms with van der Waals surface area (Å²) in [7, 11) is 0. The fraction of sp³-hybridized carbons (Fsp3) is 0.357. The molecular weight excluding hydrogens is 302 g/mol. The minimum atomic E-state index is -0.361. The lowest BCUT2D eigenvalue weighted by atomic mass is 10.2. The number of amides is 2. The van der Waals surface area contributed by atoms with Crippen LogP contribution < -0.4 is 5.56 Å². The largest absolute Gasteiger partial charge is 0.361 e. The molecule has 1 saturated heterocycles. The first-order valence-electron chi connectivity index (χ1n) is 7.12. The molecule has 1 N–H and O–H groups in total. The molecule has 2 amide bonds. The van der Waals surface area contributed by atoms with Gasteiger partial charge >= 0.3 is 0 Å². The van der Waals surface area contributed by atoms with Gasteiger partial charge in [-0.25, -0.2) is 5.10 Å². The first kappa shape index (κ1) is 14.9. The number of hydrogen-bond donors (Lipinski definition) is 1. The van der Waals surface area contributed by atoms with Crippen molar-refractivity contribution in [2.24, 2.45) is 0 Å². The Hall–Kier alpha value is -2.97. The van der Waals surface area contributed by atoms with Gasteiger partial charge in [0.2, 0.25) is 0 Å². The molecule has 0 bridgehead atoms. The summed E-state index contributed by atoms with van der Waals surface area (Å²) in [4.78, 5) is 38.7. The number of aromatic amines is 1. The maximum Gasteiger partial charge on any atom is 0.276 e. The SMILES string of the molecule is Cc1cc(C(=O)N2CCN(C(=O)c3ccc(=O)[nH]n3)CC2)no1. The van der Waals surface area contributed by atoms with Crippen molar-refractivity contribution in [3.05, 3.63) is 45.7 Å². The van der Waals surface area contributed by atoms with Crippen LogP contribution in [0.3, 0.4) is 0 Å². The molecule has 1 fully saturated rings. The van der Waals surface area contributed by atoms with Crippen LogP contribution in [0.15, 0.2) is 27.5 Å². The number of rotatable bonds is 2. The number of aryl methyl sites for hydroxylation is 1. The highest BCUT2D eigenvalue weighted by Gasteiger charge is 2.27. The van der Waals surface area contributed by atoms with Gasteiger partial charge in [0.05, 0.1) is 0 Å². The second-order valence-corrected chi connectivity index (χ2v) is 5.21. The minimum absolute atomic E-state index is 0.177. The van der Waals surface area contributed by atoms with Gasteiger partial charge in [-0.3, -0.25) is 14.4 Å². The van der Waals surface area contributed by atoms with Crippen molar-refractivity contribution in [3.63, 3.8) is 0 Å². The lowest BCUT2D eigenvalue weighted by molar-refractivity contribution is 0.0526. The first-order chi connectivity index (χ1) is 11.0. The highest BCUT2D eigenvalue weighted by molar-refractivity contribution is 5.94. The van der Waals surface area contributed by atoms with Gasteiger partial charge in [0.25, 0.3) is 17.4 Å². The summed E-state index contributed by atoms with van der Waals surface area (Å²) in [6.45, 7) is 3.31. The quantitative estimate of drug-likeness (QED) is 0.811. The van der Waals surface area contributed by atoms with E-state index in [1.54, 1.807) is 22.8 Å². The van der Waals surface area contributed by atoms with E-state index in [1.165, 1.54) is 12.1 Å². The zero-order valence-corrected chi connectivity index (χ0v) is 12.5. The zero-order valence-electron chi connectivity index (χ0n) is 12.5. The van der Waals surface area contributed by atoms with Crippen LogP contribution in [0.25, 0.3) is 0 Å². The Kier molecular flexibility index (Phi) is 3.92. The summed E-state index contributed by atoms with van der Waals surface area (Å²) in [5.41, 5.74) is 0.0842. The van der Waals surface area contributed by atoms with Crippen LogP contribution in [0.4, 0.5) is 0 Å². The Morgan fingerprint density at radius 2 is 1.70 bits per heavy atom. The number of aromatic nitrogens is 3. The predicted octanol–water partition coefficient (Wildman–Crippen LogP) is -0.335. The molecule has 0 aliphatic carbocycles. The van der Waals surface area contributed by atoms with Crippen LogP contribution >= 0.6 is 0 Å². The van der Waals surface area contributed by atoms with Gasteiger partial charge in [0.15, 0.2) is 5.69 Å². The Balaban J connectivity index is 1.62. The van der Waals surface area contributed by atoms with Gasteiger partial charge in [-0.1, -0.05) is 5.16 Å². The summed E-state index contributed by atoms with van der Waals surface area (Å²) < 4.78 is 4.90. The summed E-state index contributed by atoms with van der Waals surface area (Å²) in [5.74, 6) is 0.0908. The number of hydrogen-bond acceptors (Lipinski definition) is 6. The molecule has 0 spiro atoms. The molecule has 3 rings (SSSR count). The summed E-state index contributed by atoms with van der Waals surface area (Å²) in [5, 5.41) is 9.67. The molecule has 0 atom stereocenters. The van der Waals surface area contributed by atoms with Crippen molar-refractivity contribution >= 4 is 11.8 Å². The highest BCUT2D eigenvalue weighted by atomic mass is 16.5. The van der Waals surface area contributed by atoms with Gasteiger partial charge in [0, 0.05) is 38.3 Å². The molecule has 9 heteroatoms. The second-order valence-electron chi connectivity index (χ2n) is 5.21. The van der Waals surface area contributed by atoms with E-state index in [1.807, 2.05) is 0 Å². The van der Waals surface area contributed by atoms with E-state index in [9.17, 15) is 14.4 Å². The van der Waals surface area contributed by atoms with Gasteiger partial charge in [-0.15, -0.1) is 0 Å². The van der Waals surface area contributed by atoms with E-state index in [0.29, 0.717) is 31.9 Å². The van der Waals surface area contributed by atoms with E-state index in [4.69, 9.17) is 4.52 Å². The average molecular weight is 317 g/mol. The third-order valence-corrected chi connectivity index (χ3v) is 3.60. The van der Waals surface area contributed by atoms with Crippen molar-refractivity contribution in [2.75, 3.05) is 26.2 Å². The molecule has 9 nitrogen and oxygen atoms in total. The molecule has 0 saturated carbocycles. The molecule has 1 aliphatic heterocycles. The van der Waals surface area contributed by atoms with Crippen molar-refractivity contribution in [3.8, 4) is 0 Å². The van der Waals surface area contributed by atoms with Gasteiger partial charge in [0.1, 0.15) is 11.5 Å². The van der Waals surface area contributed by atoms with Crippen molar-refractivity contribution in [2.45, 2.75) is 6.92 Å². The van der Waals surface area contributed by atoms with E-state index >= 15 is 0 Å². The normalized spacial score (nSPS) is 14.8. The van der Waals surface area contributed by atoms with E-state index in [0.717, 1.165) is 0 Å². The van der Waals surface area contributed by atoms with Crippen LogP contribution in [-0.2, 0) is 0 Å². The Morgan fingerprint density at radius 1 is 1.09 bits per heavy atom. The maximum atomic E-state index is 12.3. The molecule has 3 heterocycles. The third-order valence-electron chi connectivity index (χ3n) is 3.60. The van der Waals surface area contributed by atoms with Gasteiger partial charge in [-0.2, -0.15) is 5.10 Å². The monoisotopic (exact) mass is 317 g/mol. The fourth-order valence-electron chi connectivity index (χ4n) is 2.37. The number of piperazine rings is 1. The topological polar surface area (TPSA) is 112 Å². The standard InChI is InChI=1S/C14H15N5O4/c1-9-8-11(17-23-9)14(22)19-6-4-18(5-7-19)13(21)10-2-3-12(20)16-15-10/h2-3,8H,4-7H2,1H3,(H,16,20). The summed E-state index contributed by atoms with van der Waals surface area (Å²) in [6.07, 6.45) is 0. The molecule has 0 radical (unpaired) electrons. The Morgan fingerprint density at radius 3 is 2.17 bits per heavy atom. The van der Waals surface area contributed by atoms with Crippen LogP contribution in [-0.4, -0.2) is 63.1 Å². The van der Waals surface area contributed by atoms with E-state index in [2.05, 4.69) is 15.4 Å². The van der Waals surface area contributed by atoms with E-state index in [-0.39, 0.29) is 28.8 Å². The molecule has 2 aromatic heterocycles. The molecule has 2 aromatic rings. The zero-order chi connectivity index (χ0) is 16.4. The number of carbonyl (C=O) groups is 2. The first-order valence-corrected chi connectivity index (χ1v) is 7.12. The lowest BCUT2D eigenvalue weighted by Gasteiger charge is -2.34. The van der Waals surface area contributed by atoms with Crippen LogP contribution in [0, 0.1) is 6.92 Å². The molecule has 0 aromatic carbocycles. The maximum absolute atomic E-state index is 12.3. The van der Waals surface area contributed by atoms with Gasteiger partial charge in [-0.05, 0) is 13.0 Å². The van der Waals surface area contributed by atoms with Gasteiger partial charge < -0.3 is 14.3 Å². The van der Waals surface area contributed by atoms with Crippen LogP contribution in [0.5, 0.6) is 0 Å². The Labute approximate surface area is 130 Å². The Bertz CT molecular complexity index is 768. The van der Waals surface area contributed by atoms with Crippen molar-refractivity contribution in [1.82, 2.24) is 25.2 Å². The van der Waals surface area contributed by atoms with Crippen molar-refractivity contribution < 1.29 is 14.1 Å². The number of nitrogens with zero attached hydrogens (tertiary/aromatic N) is 4. The molecule has 0 unspecified atom stereocenters.